The Balaban J connectivity index is 2.13. The zero-order chi connectivity index (χ0) is 9.68. The average Bonchev–Trinajstić information content (AvgIpc) is 2.45. The molecule has 1 N–H and O–H groups in total. The summed E-state index contributed by atoms with van der Waals surface area (Å²) in [5, 5.41) is 7.48. The summed E-state index contributed by atoms with van der Waals surface area (Å²) in [6, 6.07) is 0.578. The van der Waals surface area contributed by atoms with Crippen molar-refractivity contribution in [3.05, 3.63) is 12.4 Å². The number of nitrogens with zero attached hydrogens (tertiary/aromatic N) is 2. The molecule has 0 saturated heterocycles. The molecule has 0 radical (unpaired) electrons. The molecule has 13 heavy (non-hydrogen) atoms. The molecule has 0 fully saturated rings. The molecule has 0 saturated carbocycles. The first kappa shape index (κ1) is 10.6. The summed E-state index contributed by atoms with van der Waals surface area (Å²) in [5.74, 6) is 1.10. The van der Waals surface area contributed by atoms with Gasteiger partial charge in [0.1, 0.15) is 0 Å². The summed E-state index contributed by atoms with van der Waals surface area (Å²) in [4.78, 5) is 1.24. The van der Waals surface area contributed by atoms with Crippen molar-refractivity contribution in [3.8, 4) is 0 Å². The average molecular weight is 199 g/mol. The summed E-state index contributed by atoms with van der Waals surface area (Å²) in [5.41, 5.74) is 0. The molecule has 0 aliphatic rings. The minimum atomic E-state index is 0.578. The van der Waals surface area contributed by atoms with Crippen LogP contribution >= 0.6 is 11.8 Å². The molecule has 0 bridgehead atoms. The zero-order valence-corrected chi connectivity index (χ0v) is 9.27. The van der Waals surface area contributed by atoms with E-state index in [1.54, 1.807) is 0 Å². The lowest BCUT2D eigenvalue weighted by molar-refractivity contribution is 0.616. The highest BCUT2D eigenvalue weighted by Gasteiger charge is 1.96. The van der Waals surface area contributed by atoms with Crippen molar-refractivity contribution in [3.63, 3.8) is 0 Å². The number of thioether (sulfide) groups is 1. The highest BCUT2D eigenvalue weighted by atomic mass is 32.2. The SMILES string of the molecule is CC(C)NCCSc1cnn(C)c1. The van der Waals surface area contributed by atoms with Gasteiger partial charge in [-0.1, -0.05) is 13.8 Å². The largest absolute Gasteiger partial charge is 0.314 e. The summed E-state index contributed by atoms with van der Waals surface area (Å²) in [6.07, 6.45) is 3.94. The quantitative estimate of drug-likeness (QED) is 0.576. The first-order valence-corrected chi connectivity index (χ1v) is 5.52. The fourth-order valence-corrected chi connectivity index (χ4v) is 1.79. The predicted octanol–water partition coefficient (Wildman–Crippen LogP) is 1.51. The van der Waals surface area contributed by atoms with Crippen molar-refractivity contribution in [2.75, 3.05) is 12.3 Å². The van der Waals surface area contributed by atoms with E-state index in [1.807, 2.05) is 35.9 Å². The lowest BCUT2D eigenvalue weighted by Gasteiger charge is -2.06. The van der Waals surface area contributed by atoms with Crippen LogP contribution < -0.4 is 5.32 Å². The minimum Gasteiger partial charge on any atom is -0.314 e. The topological polar surface area (TPSA) is 29.9 Å². The van der Waals surface area contributed by atoms with Crippen LogP contribution in [-0.4, -0.2) is 28.1 Å². The number of aromatic nitrogens is 2. The molecule has 1 aromatic rings. The third-order valence-corrected chi connectivity index (χ3v) is 2.56. The Morgan fingerprint density at radius 3 is 2.92 bits per heavy atom. The van der Waals surface area contributed by atoms with E-state index in [0.717, 1.165) is 12.3 Å². The van der Waals surface area contributed by atoms with Gasteiger partial charge in [0.25, 0.3) is 0 Å². The van der Waals surface area contributed by atoms with Gasteiger partial charge in [0.15, 0.2) is 0 Å². The van der Waals surface area contributed by atoms with Crippen molar-refractivity contribution in [2.45, 2.75) is 24.8 Å². The van der Waals surface area contributed by atoms with E-state index < -0.39 is 0 Å². The highest BCUT2D eigenvalue weighted by molar-refractivity contribution is 7.99. The second-order valence-electron chi connectivity index (χ2n) is 3.31. The zero-order valence-electron chi connectivity index (χ0n) is 8.45. The highest BCUT2D eigenvalue weighted by Crippen LogP contribution is 2.14. The Kier molecular flexibility index (Phi) is 4.32. The first-order valence-electron chi connectivity index (χ1n) is 4.53. The van der Waals surface area contributed by atoms with Gasteiger partial charge in [-0.05, 0) is 0 Å². The van der Waals surface area contributed by atoms with Crippen LogP contribution in [0.4, 0.5) is 0 Å². The van der Waals surface area contributed by atoms with Gasteiger partial charge in [-0.2, -0.15) is 5.10 Å². The third kappa shape index (κ3) is 4.33. The predicted molar refractivity (Wildman–Crippen MR) is 57.1 cm³/mol. The van der Waals surface area contributed by atoms with E-state index in [0.29, 0.717) is 6.04 Å². The molecule has 3 nitrogen and oxygen atoms in total. The van der Waals surface area contributed by atoms with Gasteiger partial charge in [0.05, 0.1) is 6.20 Å². The van der Waals surface area contributed by atoms with E-state index in [-0.39, 0.29) is 0 Å². The first-order chi connectivity index (χ1) is 6.18. The van der Waals surface area contributed by atoms with Gasteiger partial charge < -0.3 is 5.32 Å². The van der Waals surface area contributed by atoms with E-state index >= 15 is 0 Å². The van der Waals surface area contributed by atoms with Crippen LogP contribution in [-0.2, 0) is 7.05 Å². The molecule has 74 valence electrons. The molecule has 1 rings (SSSR count). The molecule has 0 aromatic carbocycles. The van der Waals surface area contributed by atoms with Crippen LogP contribution in [0, 0.1) is 0 Å². The van der Waals surface area contributed by atoms with E-state index in [4.69, 9.17) is 0 Å². The Morgan fingerprint density at radius 2 is 2.38 bits per heavy atom. The molecule has 1 heterocycles. The summed E-state index contributed by atoms with van der Waals surface area (Å²) < 4.78 is 1.83. The van der Waals surface area contributed by atoms with Crippen LogP contribution in [0.15, 0.2) is 17.3 Å². The van der Waals surface area contributed by atoms with Crippen LogP contribution in [0.1, 0.15) is 13.8 Å². The van der Waals surface area contributed by atoms with Crippen molar-refractivity contribution in [1.29, 1.82) is 0 Å². The molecule has 0 unspecified atom stereocenters. The monoisotopic (exact) mass is 199 g/mol. The van der Waals surface area contributed by atoms with Crippen molar-refractivity contribution in [1.82, 2.24) is 15.1 Å². The van der Waals surface area contributed by atoms with Crippen LogP contribution in [0.2, 0.25) is 0 Å². The third-order valence-electron chi connectivity index (χ3n) is 1.60. The van der Waals surface area contributed by atoms with Crippen LogP contribution in [0.3, 0.4) is 0 Å². The fraction of sp³-hybridized carbons (Fsp3) is 0.667. The Morgan fingerprint density at radius 1 is 1.62 bits per heavy atom. The molecule has 0 atom stereocenters. The molecule has 0 amide bonds. The van der Waals surface area contributed by atoms with E-state index in [9.17, 15) is 0 Å². The second kappa shape index (κ2) is 5.29. The molecule has 0 aliphatic heterocycles. The second-order valence-corrected chi connectivity index (χ2v) is 4.48. The molecular weight excluding hydrogens is 182 g/mol. The Bertz CT molecular complexity index is 245. The van der Waals surface area contributed by atoms with Crippen molar-refractivity contribution >= 4 is 11.8 Å². The molecule has 0 spiro atoms. The van der Waals surface area contributed by atoms with E-state index in [1.165, 1.54) is 4.90 Å². The van der Waals surface area contributed by atoms with Gasteiger partial charge in [-0.15, -0.1) is 11.8 Å². The molecule has 4 heteroatoms. The number of hydrogen-bond acceptors (Lipinski definition) is 3. The van der Waals surface area contributed by atoms with Gasteiger partial charge in [0, 0.05) is 36.5 Å². The number of rotatable bonds is 5. The van der Waals surface area contributed by atoms with Gasteiger partial charge in [-0.25, -0.2) is 0 Å². The fourth-order valence-electron chi connectivity index (χ4n) is 0.990. The maximum absolute atomic E-state index is 4.11. The van der Waals surface area contributed by atoms with Crippen molar-refractivity contribution in [2.24, 2.45) is 7.05 Å². The maximum Gasteiger partial charge on any atom is 0.0625 e. The smallest absolute Gasteiger partial charge is 0.0625 e. The maximum atomic E-state index is 4.11. The number of aryl methyl sites for hydroxylation is 1. The lowest BCUT2D eigenvalue weighted by Crippen LogP contribution is -2.24. The van der Waals surface area contributed by atoms with Gasteiger partial charge >= 0.3 is 0 Å². The molecule has 0 aliphatic carbocycles. The number of hydrogen-bond donors (Lipinski definition) is 1. The van der Waals surface area contributed by atoms with Crippen LogP contribution in [0.25, 0.3) is 0 Å². The Hall–Kier alpha value is -0.480. The summed E-state index contributed by atoms with van der Waals surface area (Å²) in [7, 11) is 1.94. The summed E-state index contributed by atoms with van der Waals surface area (Å²) >= 11 is 1.84. The standard InChI is InChI=1S/C9H17N3S/c1-8(2)10-4-5-13-9-6-11-12(3)7-9/h6-8,10H,4-5H2,1-3H3. The van der Waals surface area contributed by atoms with Crippen LogP contribution in [0.5, 0.6) is 0 Å². The minimum absolute atomic E-state index is 0.578. The molecule has 1 aromatic heterocycles. The molecular formula is C9H17N3S. The van der Waals surface area contributed by atoms with Gasteiger partial charge in [0.2, 0.25) is 0 Å². The number of nitrogens with one attached hydrogen (secondary N) is 1. The van der Waals surface area contributed by atoms with Gasteiger partial charge in [-0.3, -0.25) is 4.68 Å². The normalized spacial score (nSPS) is 11.1. The lowest BCUT2D eigenvalue weighted by atomic mass is 10.4. The van der Waals surface area contributed by atoms with Crippen molar-refractivity contribution < 1.29 is 0 Å². The summed E-state index contributed by atoms with van der Waals surface area (Å²) in [6.45, 7) is 5.38. The Labute approximate surface area is 83.9 Å². The van der Waals surface area contributed by atoms with E-state index in [2.05, 4.69) is 24.3 Å².